The first-order valence-corrected chi connectivity index (χ1v) is 8.13. The van der Waals surface area contributed by atoms with Gasteiger partial charge in [0.15, 0.2) is 0 Å². The number of nitrogens with zero attached hydrogens (tertiary/aromatic N) is 1. The van der Waals surface area contributed by atoms with Crippen LogP contribution in [-0.2, 0) is 13.0 Å². The van der Waals surface area contributed by atoms with Gasteiger partial charge in [-0.15, -0.1) is 0 Å². The van der Waals surface area contributed by atoms with E-state index >= 15 is 0 Å². The average Bonchev–Trinajstić information content (AvgIpc) is 2.58. The van der Waals surface area contributed by atoms with E-state index in [1.54, 1.807) is 11.0 Å². The molecule has 1 aliphatic rings. The molecule has 3 rings (SSSR count). The summed E-state index contributed by atoms with van der Waals surface area (Å²) >= 11 is 0. The summed E-state index contributed by atoms with van der Waals surface area (Å²) in [6.45, 7) is 5.56. The molecule has 4 nitrogen and oxygen atoms in total. The van der Waals surface area contributed by atoms with E-state index in [4.69, 9.17) is 4.74 Å². The Kier molecular flexibility index (Phi) is 4.69. The summed E-state index contributed by atoms with van der Waals surface area (Å²) in [5.74, 6) is 0.459. The van der Waals surface area contributed by atoms with E-state index < -0.39 is 0 Å². The summed E-state index contributed by atoms with van der Waals surface area (Å²) in [7, 11) is 0. The fourth-order valence-electron chi connectivity index (χ4n) is 2.89. The zero-order chi connectivity index (χ0) is 17.1. The number of urea groups is 1. The minimum absolute atomic E-state index is 0.212. The Bertz CT molecular complexity index is 761. The van der Waals surface area contributed by atoms with E-state index in [9.17, 15) is 9.18 Å². The maximum atomic E-state index is 13.4. The van der Waals surface area contributed by atoms with Crippen molar-refractivity contribution in [1.29, 1.82) is 0 Å². The predicted octanol–water partition coefficient (Wildman–Crippen LogP) is 4.12. The molecule has 0 radical (unpaired) electrons. The molecule has 0 saturated carbocycles. The Hall–Kier alpha value is -2.56. The number of hydrogen-bond donors (Lipinski definition) is 1. The first kappa shape index (κ1) is 16.3. The van der Waals surface area contributed by atoms with Gasteiger partial charge in [0.1, 0.15) is 11.6 Å². The van der Waals surface area contributed by atoms with Crippen LogP contribution in [0.15, 0.2) is 36.4 Å². The van der Waals surface area contributed by atoms with Gasteiger partial charge in [0.25, 0.3) is 0 Å². The van der Waals surface area contributed by atoms with Gasteiger partial charge in [-0.3, -0.25) is 0 Å². The Morgan fingerprint density at radius 1 is 1.25 bits per heavy atom. The van der Waals surface area contributed by atoms with Crippen molar-refractivity contribution in [3.63, 3.8) is 0 Å². The molecule has 24 heavy (non-hydrogen) atoms. The van der Waals surface area contributed by atoms with Gasteiger partial charge in [-0.1, -0.05) is 12.1 Å². The fourth-order valence-corrected chi connectivity index (χ4v) is 2.89. The van der Waals surface area contributed by atoms with E-state index in [2.05, 4.69) is 11.4 Å². The van der Waals surface area contributed by atoms with Crippen LogP contribution in [0.4, 0.5) is 14.9 Å². The summed E-state index contributed by atoms with van der Waals surface area (Å²) in [6, 6.07) is 10.2. The molecular formula is C19H21FN2O2. The quantitative estimate of drug-likeness (QED) is 0.921. The third kappa shape index (κ3) is 3.50. The van der Waals surface area contributed by atoms with E-state index in [-0.39, 0.29) is 11.8 Å². The lowest BCUT2D eigenvalue weighted by Crippen LogP contribution is -2.39. The van der Waals surface area contributed by atoms with Crippen molar-refractivity contribution in [1.82, 2.24) is 4.90 Å². The number of carbonyl (C=O) groups is 1. The van der Waals surface area contributed by atoms with E-state index in [1.165, 1.54) is 17.7 Å². The number of nitrogens with one attached hydrogen (secondary N) is 1. The Morgan fingerprint density at radius 3 is 2.88 bits per heavy atom. The molecule has 0 aromatic heterocycles. The third-order valence-corrected chi connectivity index (χ3v) is 4.23. The van der Waals surface area contributed by atoms with Crippen molar-refractivity contribution < 1.29 is 13.9 Å². The van der Waals surface area contributed by atoms with Gasteiger partial charge in [0.2, 0.25) is 0 Å². The highest BCUT2D eigenvalue weighted by molar-refractivity contribution is 5.90. The molecule has 1 N–H and O–H groups in total. The molecule has 0 aliphatic carbocycles. The second-order valence-electron chi connectivity index (χ2n) is 5.92. The van der Waals surface area contributed by atoms with Gasteiger partial charge >= 0.3 is 6.03 Å². The van der Waals surface area contributed by atoms with Gasteiger partial charge < -0.3 is 15.0 Å². The number of aryl methyl sites for hydroxylation is 1. The van der Waals surface area contributed by atoms with E-state index in [0.29, 0.717) is 25.4 Å². The number of amides is 2. The highest BCUT2D eigenvalue weighted by Crippen LogP contribution is 2.25. The molecule has 2 aromatic rings. The lowest BCUT2D eigenvalue weighted by atomic mass is 10.00. The standard InChI is InChI=1S/C19H21FN2O2/c1-3-24-17-7-5-14-8-9-22(12-15(14)10-17)19(23)21-18-11-16(20)6-4-13(18)2/h4-7,10-11H,3,8-9,12H2,1-2H3,(H,21,23). The SMILES string of the molecule is CCOc1ccc2c(c1)CN(C(=O)Nc1cc(F)ccc1C)CC2. The van der Waals surface area contributed by atoms with Crippen LogP contribution in [-0.4, -0.2) is 24.1 Å². The van der Waals surface area contributed by atoms with Gasteiger partial charge in [-0.05, 0) is 61.2 Å². The van der Waals surface area contributed by atoms with Gasteiger partial charge in [0, 0.05) is 18.8 Å². The highest BCUT2D eigenvalue weighted by atomic mass is 19.1. The average molecular weight is 328 g/mol. The fraction of sp³-hybridized carbons (Fsp3) is 0.316. The van der Waals surface area contributed by atoms with Crippen molar-refractivity contribution in [2.75, 3.05) is 18.5 Å². The van der Waals surface area contributed by atoms with Crippen molar-refractivity contribution in [2.45, 2.75) is 26.8 Å². The molecule has 2 amide bonds. The van der Waals surface area contributed by atoms with Gasteiger partial charge in [-0.25, -0.2) is 9.18 Å². The number of hydrogen-bond acceptors (Lipinski definition) is 2. The number of anilines is 1. The zero-order valence-electron chi connectivity index (χ0n) is 13.9. The Balaban J connectivity index is 1.73. The topological polar surface area (TPSA) is 41.6 Å². The molecule has 0 fully saturated rings. The second kappa shape index (κ2) is 6.91. The molecule has 0 spiro atoms. The summed E-state index contributed by atoms with van der Waals surface area (Å²) in [5, 5.41) is 2.81. The normalized spacial score (nSPS) is 13.4. The highest BCUT2D eigenvalue weighted by Gasteiger charge is 2.21. The van der Waals surface area contributed by atoms with E-state index in [0.717, 1.165) is 23.3 Å². The molecular weight excluding hydrogens is 307 g/mol. The first-order valence-electron chi connectivity index (χ1n) is 8.13. The molecule has 0 unspecified atom stereocenters. The van der Waals surface area contributed by atoms with Gasteiger partial charge in [0.05, 0.1) is 6.61 Å². The Labute approximate surface area is 141 Å². The van der Waals surface area contributed by atoms with Crippen LogP contribution in [0.2, 0.25) is 0 Å². The summed E-state index contributed by atoms with van der Waals surface area (Å²) < 4.78 is 18.9. The van der Waals surface area contributed by atoms with Crippen molar-refractivity contribution >= 4 is 11.7 Å². The van der Waals surface area contributed by atoms with Crippen LogP contribution in [0.25, 0.3) is 0 Å². The molecule has 0 bridgehead atoms. The third-order valence-electron chi connectivity index (χ3n) is 4.23. The number of rotatable bonds is 3. The van der Waals surface area contributed by atoms with Crippen molar-refractivity contribution in [3.8, 4) is 5.75 Å². The summed E-state index contributed by atoms with van der Waals surface area (Å²) in [5.41, 5.74) is 3.68. The predicted molar refractivity (Wildman–Crippen MR) is 91.9 cm³/mol. The lowest BCUT2D eigenvalue weighted by molar-refractivity contribution is 0.206. The largest absolute Gasteiger partial charge is 0.494 e. The van der Waals surface area contributed by atoms with Crippen LogP contribution in [0.5, 0.6) is 5.75 Å². The van der Waals surface area contributed by atoms with Gasteiger partial charge in [-0.2, -0.15) is 0 Å². The zero-order valence-corrected chi connectivity index (χ0v) is 13.9. The van der Waals surface area contributed by atoms with Crippen LogP contribution < -0.4 is 10.1 Å². The smallest absolute Gasteiger partial charge is 0.322 e. The maximum Gasteiger partial charge on any atom is 0.322 e. The van der Waals surface area contributed by atoms with Crippen LogP contribution >= 0.6 is 0 Å². The Morgan fingerprint density at radius 2 is 2.08 bits per heavy atom. The van der Waals surface area contributed by atoms with Crippen LogP contribution in [0.3, 0.4) is 0 Å². The molecule has 126 valence electrons. The summed E-state index contributed by atoms with van der Waals surface area (Å²) in [6.07, 6.45) is 0.803. The number of ether oxygens (including phenoxy) is 1. The first-order chi connectivity index (χ1) is 11.6. The molecule has 1 aliphatic heterocycles. The van der Waals surface area contributed by atoms with Crippen LogP contribution in [0, 0.1) is 12.7 Å². The molecule has 0 saturated heterocycles. The number of halogens is 1. The minimum atomic E-state index is -0.360. The number of benzene rings is 2. The number of carbonyl (C=O) groups excluding carboxylic acids is 1. The molecule has 5 heteroatoms. The molecule has 2 aromatic carbocycles. The monoisotopic (exact) mass is 328 g/mol. The summed E-state index contributed by atoms with van der Waals surface area (Å²) in [4.78, 5) is 14.3. The van der Waals surface area contributed by atoms with Crippen molar-refractivity contribution in [3.05, 3.63) is 58.9 Å². The molecule has 1 heterocycles. The lowest BCUT2D eigenvalue weighted by Gasteiger charge is -2.29. The molecule has 0 atom stereocenters. The number of fused-ring (bicyclic) bond motifs is 1. The maximum absolute atomic E-state index is 13.4. The minimum Gasteiger partial charge on any atom is -0.494 e. The second-order valence-corrected chi connectivity index (χ2v) is 5.92. The van der Waals surface area contributed by atoms with E-state index in [1.807, 2.05) is 26.0 Å². The van der Waals surface area contributed by atoms with Crippen molar-refractivity contribution in [2.24, 2.45) is 0 Å². The van der Waals surface area contributed by atoms with Crippen LogP contribution in [0.1, 0.15) is 23.6 Å².